The largest absolute Gasteiger partial charge is 0.369 e. The third-order valence-corrected chi connectivity index (χ3v) is 5.24. The van der Waals surface area contributed by atoms with E-state index in [1.807, 2.05) is 30.3 Å². The van der Waals surface area contributed by atoms with E-state index in [1.165, 1.54) is 0 Å². The molecule has 2 atom stereocenters. The fourth-order valence-corrected chi connectivity index (χ4v) is 3.66. The lowest BCUT2D eigenvalue weighted by atomic mass is 9.82. The van der Waals surface area contributed by atoms with Gasteiger partial charge < -0.3 is 14.8 Å². The van der Waals surface area contributed by atoms with Gasteiger partial charge in [0, 0.05) is 11.6 Å². The number of rotatable bonds is 8. The summed E-state index contributed by atoms with van der Waals surface area (Å²) in [5.41, 5.74) is 1.79. The van der Waals surface area contributed by atoms with Crippen molar-refractivity contribution in [1.82, 2.24) is 5.32 Å². The molecule has 1 heterocycles. The monoisotopic (exact) mass is 385 g/mol. The maximum absolute atomic E-state index is 6.62. The molecule has 1 aliphatic heterocycles. The second kappa shape index (κ2) is 10.0. The first-order valence-electron chi connectivity index (χ1n) is 9.66. The first kappa shape index (κ1) is 20.1. The van der Waals surface area contributed by atoms with Crippen molar-refractivity contribution in [3.05, 3.63) is 82.9 Å². The Morgan fingerprint density at radius 2 is 1.89 bits per heavy atom. The number of nitrogens with one attached hydrogen (secondary N) is 1. The fourth-order valence-electron chi connectivity index (χ4n) is 3.53. The first-order valence-corrected chi connectivity index (χ1v) is 10.0. The molecule has 4 heteroatoms. The Morgan fingerprint density at radius 1 is 1.11 bits per heavy atom. The molecule has 3 nitrogen and oxygen atoms in total. The normalized spacial score (nSPS) is 23.0. The van der Waals surface area contributed by atoms with E-state index >= 15 is 0 Å². The highest BCUT2D eigenvalue weighted by atomic mass is 35.5. The quantitative estimate of drug-likeness (QED) is 0.641. The van der Waals surface area contributed by atoms with E-state index in [9.17, 15) is 0 Å². The van der Waals surface area contributed by atoms with Gasteiger partial charge in [0.1, 0.15) is 11.7 Å². The molecule has 0 spiro atoms. The van der Waals surface area contributed by atoms with E-state index in [4.69, 9.17) is 21.1 Å². The van der Waals surface area contributed by atoms with Crippen molar-refractivity contribution in [2.24, 2.45) is 0 Å². The Morgan fingerprint density at radius 3 is 2.63 bits per heavy atom. The zero-order valence-corrected chi connectivity index (χ0v) is 16.6. The summed E-state index contributed by atoms with van der Waals surface area (Å²) in [5.74, 6) is 0. The smallest absolute Gasteiger partial charge is 0.122 e. The van der Waals surface area contributed by atoms with Gasteiger partial charge in [-0.25, -0.2) is 0 Å². The van der Waals surface area contributed by atoms with E-state index in [0.29, 0.717) is 13.2 Å². The van der Waals surface area contributed by atoms with Crippen LogP contribution in [-0.4, -0.2) is 25.8 Å². The molecule has 1 N–H and O–H groups in total. The van der Waals surface area contributed by atoms with Gasteiger partial charge in [0.2, 0.25) is 0 Å². The minimum Gasteiger partial charge on any atom is -0.369 e. The summed E-state index contributed by atoms with van der Waals surface area (Å²) in [6.45, 7) is 4.91. The maximum Gasteiger partial charge on any atom is 0.122 e. The SMILES string of the molecule is CCC=CCO[C@H]1CNCC[C@@]1(OCc1ccccc1)c1ccc(Cl)cc1. The van der Waals surface area contributed by atoms with E-state index in [0.717, 1.165) is 42.1 Å². The molecule has 0 amide bonds. The molecular weight excluding hydrogens is 358 g/mol. The van der Waals surface area contributed by atoms with Gasteiger partial charge in [-0.2, -0.15) is 0 Å². The lowest BCUT2D eigenvalue weighted by Crippen LogP contribution is -2.54. The Labute approximate surface area is 167 Å². The molecule has 2 aromatic carbocycles. The number of halogens is 1. The molecule has 2 aromatic rings. The van der Waals surface area contributed by atoms with Crippen LogP contribution < -0.4 is 5.32 Å². The van der Waals surface area contributed by atoms with Crippen LogP contribution in [0.5, 0.6) is 0 Å². The van der Waals surface area contributed by atoms with Gasteiger partial charge in [-0.15, -0.1) is 0 Å². The number of hydrogen-bond donors (Lipinski definition) is 1. The molecule has 0 unspecified atom stereocenters. The summed E-state index contributed by atoms with van der Waals surface area (Å²) in [4.78, 5) is 0. The zero-order valence-electron chi connectivity index (χ0n) is 15.9. The number of hydrogen-bond acceptors (Lipinski definition) is 3. The average molecular weight is 386 g/mol. The highest BCUT2D eigenvalue weighted by Gasteiger charge is 2.44. The van der Waals surface area contributed by atoms with E-state index in [2.05, 4.69) is 48.7 Å². The Bertz CT molecular complexity index is 717. The molecule has 0 bridgehead atoms. The summed E-state index contributed by atoms with van der Waals surface area (Å²) in [6, 6.07) is 18.3. The molecule has 1 aliphatic rings. The van der Waals surface area contributed by atoms with Gasteiger partial charge in [0.15, 0.2) is 0 Å². The van der Waals surface area contributed by atoms with Crippen LogP contribution >= 0.6 is 11.6 Å². The van der Waals surface area contributed by atoms with Gasteiger partial charge in [0.05, 0.1) is 13.2 Å². The summed E-state index contributed by atoms with van der Waals surface area (Å²) in [6.07, 6.45) is 6.00. The van der Waals surface area contributed by atoms with Crippen molar-refractivity contribution in [3.8, 4) is 0 Å². The van der Waals surface area contributed by atoms with Crippen molar-refractivity contribution in [1.29, 1.82) is 0 Å². The molecule has 0 aromatic heterocycles. The lowest BCUT2D eigenvalue weighted by Gasteiger charge is -2.44. The van der Waals surface area contributed by atoms with Crippen LogP contribution in [0.4, 0.5) is 0 Å². The van der Waals surface area contributed by atoms with Gasteiger partial charge >= 0.3 is 0 Å². The summed E-state index contributed by atoms with van der Waals surface area (Å²) < 4.78 is 12.9. The molecule has 1 saturated heterocycles. The predicted octanol–water partition coefficient (Wildman–Crippen LogP) is 5.10. The summed E-state index contributed by atoms with van der Waals surface area (Å²) in [7, 11) is 0. The topological polar surface area (TPSA) is 30.5 Å². The highest BCUT2D eigenvalue weighted by Crippen LogP contribution is 2.38. The minimum absolute atomic E-state index is 0.0716. The van der Waals surface area contributed by atoms with Crippen LogP contribution in [0.25, 0.3) is 0 Å². The Hall–Kier alpha value is -1.65. The van der Waals surface area contributed by atoms with Crippen LogP contribution in [0.3, 0.4) is 0 Å². The lowest BCUT2D eigenvalue weighted by molar-refractivity contribution is -0.168. The van der Waals surface area contributed by atoms with Crippen molar-refractivity contribution >= 4 is 11.6 Å². The average Bonchev–Trinajstić information content (AvgIpc) is 2.72. The van der Waals surface area contributed by atoms with Crippen LogP contribution in [0, 0.1) is 0 Å². The molecule has 0 aliphatic carbocycles. The minimum atomic E-state index is -0.494. The fraction of sp³-hybridized carbons (Fsp3) is 0.391. The van der Waals surface area contributed by atoms with Gasteiger partial charge in [-0.3, -0.25) is 0 Å². The van der Waals surface area contributed by atoms with Gasteiger partial charge in [0.25, 0.3) is 0 Å². The standard InChI is InChI=1S/C23H28ClNO2/c1-2-3-7-16-26-22-17-25-15-14-23(22,20-10-12-21(24)13-11-20)27-18-19-8-5-4-6-9-19/h3-13,22,25H,2,14-18H2,1H3/t22-,23+/m0/s1. The maximum atomic E-state index is 6.62. The van der Waals surface area contributed by atoms with Crippen molar-refractivity contribution in [3.63, 3.8) is 0 Å². The van der Waals surface area contributed by atoms with Gasteiger partial charge in [-0.1, -0.05) is 73.1 Å². The summed E-state index contributed by atoms with van der Waals surface area (Å²) in [5, 5.41) is 4.19. The van der Waals surface area contributed by atoms with Crippen LogP contribution in [0.1, 0.15) is 30.9 Å². The van der Waals surface area contributed by atoms with Gasteiger partial charge in [-0.05, 0) is 42.6 Å². The van der Waals surface area contributed by atoms with Crippen LogP contribution in [-0.2, 0) is 21.7 Å². The second-order valence-corrected chi connectivity index (χ2v) is 7.26. The van der Waals surface area contributed by atoms with Crippen molar-refractivity contribution < 1.29 is 9.47 Å². The highest BCUT2D eigenvalue weighted by molar-refractivity contribution is 6.30. The number of piperidine rings is 1. The van der Waals surface area contributed by atoms with Crippen LogP contribution in [0.15, 0.2) is 66.7 Å². The molecule has 0 radical (unpaired) electrons. The number of benzene rings is 2. The Kier molecular flexibility index (Phi) is 7.48. The number of ether oxygens (including phenoxy) is 2. The molecule has 27 heavy (non-hydrogen) atoms. The third kappa shape index (κ3) is 5.20. The third-order valence-electron chi connectivity index (χ3n) is 4.99. The number of allylic oxidation sites excluding steroid dienone is 1. The Balaban J connectivity index is 1.86. The molecule has 144 valence electrons. The predicted molar refractivity (Wildman–Crippen MR) is 111 cm³/mol. The van der Waals surface area contributed by atoms with Crippen molar-refractivity contribution in [2.75, 3.05) is 19.7 Å². The molecule has 0 saturated carbocycles. The summed E-state index contributed by atoms with van der Waals surface area (Å²) >= 11 is 6.13. The van der Waals surface area contributed by atoms with E-state index < -0.39 is 5.60 Å². The van der Waals surface area contributed by atoms with Crippen molar-refractivity contribution in [2.45, 2.75) is 38.1 Å². The molecule has 3 rings (SSSR count). The van der Waals surface area contributed by atoms with E-state index in [-0.39, 0.29) is 6.10 Å². The zero-order chi connectivity index (χ0) is 19.0. The van der Waals surface area contributed by atoms with Crippen LogP contribution in [0.2, 0.25) is 5.02 Å². The first-order chi connectivity index (χ1) is 13.2. The molecular formula is C23H28ClNO2. The molecule has 1 fully saturated rings. The second-order valence-electron chi connectivity index (χ2n) is 6.83. The van der Waals surface area contributed by atoms with E-state index in [1.54, 1.807) is 0 Å².